The van der Waals surface area contributed by atoms with E-state index in [1.54, 1.807) is 0 Å². The lowest BCUT2D eigenvalue weighted by molar-refractivity contribution is -0.156. The molecule has 4 saturated carbocycles. The molecule has 120 valence electrons. The van der Waals surface area contributed by atoms with Gasteiger partial charge in [0.15, 0.2) is 0 Å². The first kappa shape index (κ1) is 15.8. The van der Waals surface area contributed by atoms with Gasteiger partial charge in [0, 0.05) is 18.3 Å². The van der Waals surface area contributed by atoms with Crippen LogP contribution in [0, 0.1) is 28.1 Å². The van der Waals surface area contributed by atoms with E-state index in [9.17, 15) is 4.79 Å². The highest BCUT2D eigenvalue weighted by molar-refractivity contribution is 9.09. The van der Waals surface area contributed by atoms with Crippen LogP contribution in [0.3, 0.4) is 0 Å². The third kappa shape index (κ3) is 3.18. The van der Waals surface area contributed by atoms with Crippen LogP contribution in [-0.4, -0.2) is 17.8 Å². The molecule has 0 heterocycles. The second-order valence-corrected chi connectivity index (χ2v) is 10.0. The summed E-state index contributed by atoms with van der Waals surface area (Å²) in [5, 5.41) is 4.12. The Balaban J connectivity index is 1.66. The molecule has 1 N–H and O–H groups in total. The van der Waals surface area contributed by atoms with E-state index in [1.165, 1.54) is 38.5 Å². The molecule has 1 amide bonds. The van der Waals surface area contributed by atoms with Crippen molar-refractivity contribution in [3.63, 3.8) is 0 Å². The molecule has 0 aromatic heterocycles. The van der Waals surface area contributed by atoms with Gasteiger partial charge in [-0.3, -0.25) is 4.79 Å². The predicted octanol–water partition coefficient (Wildman–Crippen LogP) is 4.52. The monoisotopic (exact) mass is 355 g/mol. The molecular weight excluding hydrogens is 326 g/mol. The summed E-state index contributed by atoms with van der Waals surface area (Å²) in [7, 11) is 0. The largest absolute Gasteiger partial charge is 0.356 e. The van der Waals surface area contributed by atoms with E-state index < -0.39 is 0 Å². The molecule has 4 bridgehead atoms. The molecule has 4 aliphatic rings. The fraction of sp³-hybridized carbons (Fsp3) is 0.944. The molecule has 21 heavy (non-hydrogen) atoms. The summed E-state index contributed by atoms with van der Waals surface area (Å²) in [5.41, 5.74) is 1.33. The maximum Gasteiger partial charge on any atom is 0.220 e. The van der Waals surface area contributed by atoms with Crippen LogP contribution in [0.2, 0.25) is 0 Å². The fourth-order valence-corrected chi connectivity index (χ4v) is 6.86. The van der Waals surface area contributed by atoms with E-state index in [4.69, 9.17) is 0 Å². The van der Waals surface area contributed by atoms with Gasteiger partial charge in [0.2, 0.25) is 5.91 Å². The zero-order chi connectivity index (χ0) is 15.3. The Bertz CT molecular complexity index is 417. The summed E-state index contributed by atoms with van der Waals surface area (Å²) in [6.45, 7) is 7.94. The first-order valence-corrected chi connectivity index (χ1v) is 9.70. The minimum atomic E-state index is 0.289. The van der Waals surface area contributed by atoms with Crippen molar-refractivity contribution in [2.24, 2.45) is 28.1 Å². The van der Waals surface area contributed by atoms with Crippen LogP contribution in [0.1, 0.15) is 65.7 Å². The molecular formula is C18H30BrNO. The van der Waals surface area contributed by atoms with Gasteiger partial charge in [0.1, 0.15) is 0 Å². The van der Waals surface area contributed by atoms with Gasteiger partial charge < -0.3 is 5.32 Å². The summed E-state index contributed by atoms with van der Waals surface area (Å²) in [5.74, 6) is 1.68. The molecule has 4 rings (SSSR count). The molecule has 3 heteroatoms. The number of amides is 1. The number of hydrogen-bond donors (Lipinski definition) is 1. The first-order chi connectivity index (χ1) is 9.76. The van der Waals surface area contributed by atoms with Gasteiger partial charge in [-0.25, -0.2) is 0 Å². The summed E-state index contributed by atoms with van der Waals surface area (Å²) in [6.07, 6.45) is 8.85. The first-order valence-electron chi connectivity index (χ1n) is 8.58. The Morgan fingerprint density at radius 3 is 2.33 bits per heavy atom. The lowest BCUT2D eigenvalue weighted by atomic mass is 9.40. The normalized spacial score (nSPS) is 45.6. The van der Waals surface area contributed by atoms with Gasteiger partial charge in [-0.05, 0) is 66.6 Å². The van der Waals surface area contributed by atoms with Gasteiger partial charge in [0.25, 0.3) is 0 Å². The second-order valence-electron chi connectivity index (χ2n) is 9.37. The van der Waals surface area contributed by atoms with Gasteiger partial charge >= 0.3 is 0 Å². The van der Waals surface area contributed by atoms with Gasteiger partial charge in [-0.1, -0.05) is 36.7 Å². The topological polar surface area (TPSA) is 29.1 Å². The van der Waals surface area contributed by atoms with E-state index in [1.807, 2.05) is 0 Å². The molecule has 3 unspecified atom stereocenters. The number of alkyl halides is 1. The Hall–Kier alpha value is -0.0500. The molecule has 4 aliphatic carbocycles. The van der Waals surface area contributed by atoms with Crippen molar-refractivity contribution in [3.05, 3.63) is 0 Å². The highest BCUT2D eigenvalue weighted by Crippen LogP contribution is 2.70. The second kappa shape index (κ2) is 5.25. The van der Waals surface area contributed by atoms with Crippen molar-refractivity contribution < 1.29 is 4.79 Å². The molecule has 2 nitrogen and oxygen atoms in total. The highest BCUT2D eigenvalue weighted by atomic mass is 79.9. The minimum absolute atomic E-state index is 0.289. The molecule has 0 radical (unpaired) electrons. The number of carbonyl (C=O) groups excluding carboxylic acids is 1. The lowest BCUT2D eigenvalue weighted by Gasteiger charge is -2.65. The number of carbonyl (C=O) groups is 1. The number of halogens is 1. The Morgan fingerprint density at radius 1 is 1.19 bits per heavy atom. The van der Waals surface area contributed by atoms with Crippen molar-refractivity contribution in [2.45, 2.75) is 65.7 Å². The zero-order valence-corrected chi connectivity index (χ0v) is 15.4. The number of hydrogen-bond acceptors (Lipinski definition) is 1. The van der Waals surface area contributed by atoms with Crippen LogP contribution >= 0.6 is 15.9 Å². The Morgan fingerprint density at radius 2 is 1.81 bits per heavy atom. The van der Waals surface area contributed by atoms with Crippen LogP contribution in [0.5, 0.6) is 0 Å². The van der Waals surface area contributed by atoms with Gasteiger partial charge in [-0.2, -0.15) is 0 Å². The average molecular weight is 356 g/mol. The lowest BCUT2D eigenvalue weighted by Crippen LogP contribution is -2.56. The van der Waals surface area contributed by atoms with Crippen LogP contribution in [0.15, 0.2) is 0 Å². The molecule has 0 aromatic carbocycles. The summed E-state index contributed by atoms with van der Waals surface area (Å²) in [6, 6.07) is 0. The summed E-state index contributed by atoms with van der Waals surface area (Å²) in [4.78, 5) is 12.4. The average Bonchev–Trinajstić information content (AvgIpc) is 2.30. The number of rotatable bonds is 5. The third-order valence-electron chi connectivity index (χ3n) is 6.19. The van der Waals surface area contributed by atoms with Gasteiger partial charge in [-0.15, -0.1) is 0 Å². The SMILES string of the molecule is CC(CBr)CNC(=O)CC12CC3CC(C)(CC(C)(C3)C1)C2. The van der Waals surface area contributed by atoms with E-state index in [2.05, 4.69) is 42.0 Å². The summed E-state index contributed by atoms with van der Waals surface area (Å²) >= 11 is 3.48. The van der Waals surface area contributed by atoms with E-state index in [-0.39, 0.29) is 5.91 Å². The quantitative estimate of drug-likeness (QED) is 0.721. The molecule has 0 saturated heterocycles. The fourth-order valence-electron chi connectivity index (χ4n) is 6.63. The summed E-state index contributed by atoms with van der Waals surface area (Å²) < 4.78 is 0. The van der Waals surface area contributed by atoms with Crippen molar-refractivity contribution in [3.8, 4) is 0 Å². The maximum absolute atomic E-state index is 12.4. The predicted molar refractivity (Wildman–Crippen MR) is 90.4 cm³/mol. The molecule has 0 spiro atoms. The number of nitrogens with one attached hydrogen (secondary N) is 1. The van der Waals surface area contributed by atoms with Crippen molar-refractivity contribution >= 4 is 21.8 Å². The molecule has 4 fully saturated rings. The van der Waals surface area contributed by atoms with Gasteiger partial charge in [0.05, 0.1) is 0 Å². The zero-order valence-electron chi connectivity index (χ0n) is 13.8. The van der Waals surface area contributed by atoms with Crippen LogP contribution in [0.4, 0.5) is 0 Å². The van der Waals surface area contributed by atoms with Crippen LogP contribution in [0.25, 0.3) is 0 Å². The Kier molecular flexibility index (Phi) is 3.96. The third-order valence-corrected chi connectivity index (χ3v) is 7.29. The van der Waals surface area contributed by atoms with E-state index in [0.29, 0.717) is 22.2 Å². The van der Waals surface area contributed by atoms with Crippen LogP contribution < -0.4 is 5.32 Å². The molecule has 0 aliphatic heterocycles. The standard InChI is InChI=1S/C18H30BrNO/c1-13(8-19)9-20-15(21)7-18-6-14-4-16(2,11-18)10-17(3,5-14)12-18/h13-14H,4-12H2,1-3H3,(H,20,21). The van der Waals surface area contributed by atoms with E-state index in [0.717, 1.165) is 24.2 Å². The van der Waals surface area contributed by atoms with Crippen molar-refractivity contribution in [1.29, 1.82) is 0 Å². The van der Waals surface area contributed by atoms with E-state index >= 15 is 0 Å². The molecule has 3 atom stereocenters. The van der Waals surface area contributed by atoms with Crippen molar-refractivity contribution in [2.75, 3.05) is 11.9 Å². The highest BCUT2D eigenvalue weighted by Gasteiger charge is 2.60. The Labute approximate surface area is 138 Å². The maximum atomic E-state index is 12.4. The minimum Gasteiger partial charge on any atom is -0.356 e. The van der Waals surface area contributed by atoms with Crippen molar-refractivity contribution in [1.82, 2.24) is 5.32 Å². The van der Waals surface area contributed by atoms with Crippen LogP contribution in [-0.2, 0) is 4.79 Å². The molecule has 0 aromatic rings. The smallest absolute Gasteiger partial charge is 0.220 e.